The molecule has 0 aromatic heterocycles. The number of carbonyl (C=O) groups excluding carboxylic acids is 2. The minimum Gasteiger partial charge on any atom is -0.503 e. The van der Waals surface area contributed by atoms with Gasteiger partial charge in [-0.1, -0.05) is 40.2 Å². The molecule has 0 saturated carbocycles. The lowest BCUT2D eigenvalue weighted by Crippen LogP contribution is -2.30. The van der Waals surface area contributed by atoms with E-state index in [1.54, 1.807) is 7.11 Å². The van der Waals surface area contributed by atoms with Crippen LogP contribution in [0.25, 0.3) is 0 Å². The van der Waals surface area contributed by atoms with E-state index >= 15 is 0 Å². The first-order chi connectivity index (χ1) is 12.4. The first kappa shape index (κ1) is 18.2. The van der Waals surface area contributed by atoms with Crippen LogP contribution in [0.15, 0.2) is 64.3 Å². The van der Waals surface area contributed by atoms with Crippen molar-refractivity contribution < 1.29 is 19.4 Å². The van der Waals surface area contributed by atoms with Crippen molar-refractivity contribution in [2.75, 3.05) is 7.11 Å². The quantitative estimate of drug-likeness (QED) is 0.802. The summed E-state index contributed by atoms with van der Waals surface area (Å²) >= 11 is 3.38. The maximum Gasteiger partial charge on any atom is 0.290 e. The molecule has 26 heavy (non-hydrogen) atoms. The van der Waals surface area contributed by atoms with Crippen LogP contribution in [0.5, 0.6) is 5.75 Å². The second kappa shape index (κ2) is 7.33. The maximum atomic E-state index is 12.7. The standard InChI is InChI=1S/C20H18BrNO4/c1-12(23)17-18(14-6-8-15(21)9-7-14)22(20(25)19(17)24)11-13-4-3-5-16(10-13)26-2/h3-10,18,24H,11H2,1-2H3. The Morgan fingerprint density at radius 3 is 2.54 bits per heavy atom. The lowest BCUT2D eigenvalue weighted by atomic mass is 9.96. The zero-order valence-corrected chi connectivity index (χ0v) is 16.0. The highest BCUT2D eigenvalue weighted by Gasteiger charge is 2.42. The van der Waals surface area contributed by atoms with E-state index in [0.29, 0.717) is 5.75 Å². The van der Waals surface area contributed by atoms with Gasteiger partial charge in [0, 0.05) is 11.0 Å². The molecule has 1 aliphatic rings. The number of benzene rings is 2. The summed E-state index contributed by atoms with van der Waals surface area (Å²) < 4.78 is 6.12. The summed E-state index contributed by atoms with van der Waals surface area (Å²) in [6, 6.07) is 14.1. The van der Waals surface area contributed by atoms with Crippen LogP contribution in [0.4, 0.5) is 0 Å². The number of halogens is 1. The molecule has 0 spiro atoms. The Hall–Kier alpha value is -2.60. The molecule has 2 aromatic rings. The summed E-state index contributed by atoms with van der Waals surface area (Å²) in [6.07, 6.45) is 0. The van der Waals surface area contributed by atoms with Crippen LogP contribution in [-0.2, 0) is 16.1 Å². The fourth-order valence-corrected chi connectivity index (χ4v) is 3.40. The number of amides is 1. The predicted octanol–water partition coefficient (Wildman–Crippen LogP) is 3.94. The van der Waals surface area contributed by atoms with Crippen LogP contribution in [0.2, 0.25) is 0 Å². The number of carbonyl (C=O) groups is 2. The lowest BCUT2D eigenvalue weighted by molar-refractivity contribution is -0.130. The number of rotatable bonds is 5. The molecule has 1 N–H and O–H groups in total. The number of methoxy groups -OCH3 is 1. The number of aliphatic hydroxyl groups is 1. The van der Waals surface area contributed by atoms with Crippen LogP contribution in [0, 0.1) is 0 Å². The van der Waals surface area contributed by atoms with Gasteiger partial charge in [0.05, 0.1) is 18.7 Å². The minimum atomic E-state index is -0.626. The largest absolute Gasteiger partial charge is 0.503 e. The van der Waals surface area contributed by atoms with Gasteiger partial charge in [-0.2, -0.15) is 0 Å². The van der Waals surface area contributed by atoms with E-state index in [2.05, 4.69) is 15.9 Å². The van der Waals surface area contributed by atoms with Gasteiger partial charge in [0.1, 0.15) is 5.75 Å². The molecule has 0 aliphatic carbocycles. The number of aliphatic hydroxyl groups excluding tert-OH is 1. The Bertz CT molecular complexity index is 889. The topological polar surface area (TPSA) is 66.8 Å². The Kier molecular flexibility index (Phi) is 5.13. The summed E-state index contributed by atoms with van der Waals surface area (Å²) in [6.45, 7) is 1.61. The van der Waals surface area contributed by atoms with Crippen LogP contribution in [0.3, 0.4) is 0 Å². The van der Waals surface area contributed by atoms with E-state index in [-0.39, 0.29) is 17.9 Å². The molecule has 1 amide bonds. The molecule has 1 aliphatic heterocycles. The molecular formula is C20H18BrNO4. The summed E-state index contributed by atoms with van der Waals surface area (Å²) in [5.41, 5.74) is 1.73. The minimum absolute atomic E-state index is 0.125. The van der Waals surface area contributed by atoms with Gasteiger partial charge in [-0.05, 0) is 42.3 Å². The lowest BCUT2D eigenvalue weighted by Gasteiger charge is -2.27. The number of ether oxygens (including phenoxy) is 1. The van der Waals surface area contributed by atoms with E-state index in [4.69, 9.17) is 4.74 Å². The Morgan fingerprint density at radius 2 is 1.92 bits per heavy atom. The van der Waals surface area contributed by atoms with E-state index in [1.165, 1.54) is 11.8 Å². The van der Waals surface area contributed by atoms with Crippen molar-refractivity contribution in [1.82, 2.24) is 4.90 Å². The zero-order chi connectivity index (χ0) is 18.8. The SMILES string of the molecule is COc1cccc(CN2C(=O)C(O)=C(C(C)=O)C2c2ccc(Br)cc2)c1. The molecule has 1 unspecified atom stereocenters. The third kappa shape index (κ3) is 3.37. The second-order valence-electron chi connectivity index (χ2n) is 6.06. The number of Topliss-reactive ketones (excluding diaryl/α,β-unsaturated/α-hetero) is 1. The molecule has 1 heterocycles. The van der Waals surface area contributed by atoms with Gasteiger partial charge in [-0.15, -0.1) is 0 Å². The van der Waals surface area contributed by atoms with Crippen LogP contribution >= 0.6 is 15.9 Å². The van der Waals surface area contributed by atoms with Crippen LogP contribution in [0.1, 0.15) is 24.1 Å². The second-order valence-corrected chi connectivity index (χ2v) is 6.97. The van der Waals surface area contributed by atoms with Gasteiger partial charge in [-0.25, -0.2) is 0 Å². The van der Waals surface area contributed by atoms with Crippen LogP contribution in [-0.4, -0.2) is 28.8 Å². The third-order valence-electron chi connectivity index (χ3n) is 4.36. The molecule has 0 fully saturated rings. The van der Waals surface area contributed by atoms with E-state index in [1.807, 2.05) is 48.5 Å². The highest BCUT2D eigenvalue weighted by atomic mass is 79.9. The third-order valence-corrected chi connectivity index (χ3v) is 4.88. The molecule has 0 bridgehead atoms. The summed E-state index contributed by atoms with van der Waals surface area (Å²) in [5.74, 6) is -0.672. The van der Waals surface area contributed by atoms with E-state index in [9.17, 15) is 14.7 Å². The van der Waals surface area contributed by atoms with Crippen molar-refractivity contribution in [2.45, 2.75) is 19.5 Å². The normalized spacial score (nSPS) is 17.0. The molecule has 3 rings (SSSR count). The van der Waals surface area contributed by atoms with Gasteiger partial charge in [0.15, 0.2) is 11.5 Å². The monoisotopic (exact) mass is 415 g/mol. The molecule has 134 valence electrons. The smallest absolute Gasteiger partial charge is 0.290 e. The highest BCUT2D eigenvalue weighted by molar-refractivity contribution is 9.10. The summed E-state index contributed by atoms with van der Waals surface area (Å²) in [5, 5.41) is 10.3. The molecule has 1 atom stereocenters. The fraction of sp³-hybridized carbons (Fsp3) is 0.200. The van der Waals surface area contributed by atoms with Crippen LogP contribution < -0.4 is 4.74 Å². The maximum absolute atomic E-state index is 12.7. The number of nitrogens with zero attached hydrogens (tertiary/aromatic N) is 1. The Labute approximate surface area is 160 Å². The van der Waals surface area contributed by atoms with Gasteiger partial charge >= 0.3 is 0 Å². The fourth-order valence-electron chi connectivity index (χ4n) is 3.14. The number of hydrogen-bond acceptors (Lipinski definition) is 4. The predicted molar refractivity (Wildman–Crippen MR) is 101 cm³/mol. The van der Waals surface area contributed by atoms with Crippen molar-refractivity contribution in [3.05, 3.63) is 75.5 Å². The van der Waals surface area contributed by atoms with Gasteiger partial charge in [0.25, 0.3) is 5.91 Å². The summed E-state index contributed by atoms with van der Waals surface area (Å²) in [4.78, 5) is 26.3. The van der Waals surface area contributed by atoms with Crippen molar-refractivity contribution in [1.29, 1.82) is 0 Å². The molecule has 2 aromatic carbocycles. The van der Waals surface area contributed by atoms with Crippen molar-refractivity contribution in [2.24, 2.45) is 0 Å². The summed E-state index contributed by atoms with van der Waals surface area (Å²) in [7, 11) is 1.58. The van der Waals surface area contributed by atoms with E-state index in [0.717, 1.165) is 15.6 Å². The van der Waals surface area contributed by atoms with Crippen molar-refractivity contribution >= 4 is 27.6 Å². The average molecular weight is 416 g/mol. The molecule has 0 radical (unpaired) electrons. The zero-order valence-electron chi connectivity index (χ0n) is 14.4. The van der Waals surface area contributed by atoms with Gasteiger partial charge in [0.2, 0.25) is 0 Å². The number of ketones is 1. The van der Waals surface area contributed by atoms with Crippen molar-refractivity contribution in [3.8, 4) is 5.75 Å². The average Bonchev–Trinajstić information content (AvgIpc) is 2.87. The highest BCUT2D eigenvalue weighted by Crippen LogP contribution is 2.39. The first-order valence-electron chi connectivity index (χ1n) is 8.05. The molecular weight excluding hydrogens is 398 g/mol. The first-order valence-corrected chi connectivity index (χ1v) is 8.85. The van der Waals surface area contributed by atoms with Gasteiger partial charge in [-0.3, -0.25) is 9.59 Å². The van der Waals surface area contributed by atoms with Crippen molar-refractivity contribution in [3.63, 3.8) is 0 Å². The molecule has 0 saturated heterocycles. The number of hydrogen-bond donors (Lipinski definition) is 1. The molecule has 6 heteroatoms. The Morgan fingerprint density at radius 1 is 1.23 bits per heavy atom. The van der Waals surface area contributed by atoms with E-state index < -0.39 is 17.7 Å². The van der Waals surface area contributed by atoms with Gasteiger partial charge < -0.3 is 14.7 Å². The molecule has 5 nitrogen and oxygen atoms in total. The Balaban J connectivity index is 2.02.